The molecule has 28 heavy (non-hydrogen) atoms. The minimum Gasteiger partial charge on any atom is -0.214 e. The van der Waals surface area contributed by atoms with Crippen LogP contribution in [-0.4, -0.2) is 78.0 Å². The van der Waals surface area contributed by atoms with Gasteiger partial charge in [0.05, 0.1) is 0 Å². The molecule has 0 rings (SSSR count). The van der Waals surface area contributed by atoms with Crippen molar-refractivity contribution in [3.05, 3.63) is 0 Å². The Hall–Kier alpha value is 7.92. The molecule has 0 atom stereocenters. The van der Waals surface area contributed by atoms with Crippen LogP contribution < -0.4 is 0 Å². The molecule has 0 fully saturated rings. The summed E-state index contributed by atoms with van der Waals surface area (Å²) >= 11 is 75.3. The van der Waals surface area contributed by atoms with Crippen LogP contribution >= 0.6 is 196 Å². The maximum atomic E-state index is 4.94. The zero-order valence-corrected chi connectivity index (χ0v) is 37.9. The molecular weight excluding hydrogens is 975 g/mol. The smallest absolute Gasteiger partial charge is 0.214 e. The molecule has 0 aromatic heterocycles. The standard InChI is InChI=1S/CH5Ge.CH3Ge.Al.5Cl3Si.3ClH/c2*1-2;;5*1-4(2)3;;;/h2H2,1H3;1H3;;;;;;;3*1H/q;;+3;;;;;;;;/p-3. The molecule has 0 spiro atoms. The molecule has 0 aromatic carbocycles. The molecular formula is C2H8AlCl18Ge2Si5. The van der Waals surface area contributed by atoms with Gasteiger partial charge in [-0.25, -0.2) is 30.1 Å². The van der Waals surface area contributed by atoms with E-state index in [1.165, 1.54) is 16.5 Å². The van der Waals surface area contributed by atoms with Crippen LogP contribution in [0.5, 0.6) is 0 Å². The minimum absolute atomic E-state index is 1.38. The fourth-order valence-electron chi connectivity index (χ4n) is 0. The molecule has 0 heterocycles. The first-order valence-electron chi connectivity index (χ1n) is 4.70. The zero-order valence-electron chi connectivity index (χ0n) is 13.1. The Morgan fingerprint density at radius 1 is 0.429 bits per heavy atom. The third kappa shape index (κ3) is 586. The first-order valence-corrected chi connectivity index (χ1v) is 37.7. The van der Waals surface area contributed by atoms with Gasteiger partial charge in [-0.3, -0.25) is 0 Å². The van der Waals surface area contributed by atoms with Gasteiger partial charge in [-0.05, 0) is 0 Å². The molecule has 9 radical (unpaired) electrons. The van der Waals surface area contributed by atoms with E-state index in [-0.39, 0.29) is 0 Å². The van der Waals surface area contributed by atoms with Crippen molar-refractivity contribution in [3.63, 3.8) is 0 Å². The molecule has 0 N–H and O–H groups in total. The van der Waals surface area contributed by atoms with Crippen LogP contribution in [0.25, 0.3) is 0 Å². The summed E-state index contributed by atoms with van der Waals surface area (Å²) < 4.78 is 0. The van der Waals surface area contributed by atoms with Gasteiger partial charge >= 0.3 is 89.6 Å². The van der Waals surface area contributed by atoms with E-state index in [0.717, 1.165) is 0 Å². The van der Waals surface area contributed by atoms with Gasteiger partial charge in [0, 0.05) is 0 Å². The van der Waals surface area contributed by atoms with E-state index in [0.29, 0.717) is 0 Å². The van der Waals surface area contributed by atoms with Gasteiger partial charge < -0.3 is 0 Å². The van der Waals surface area contributed by atoms with Gasteiger partial charge in [0.2, 0.25) is 0 Å². The SMILES string of the molecule is Cl[Si](Cl)Cl.Cl[Si](Cl)Cl.Cl[Si](Cl)Cl.Cl[Si](Cl)Cl.Cl[Si](Cl)Cl.[CH3][GeH2].[CH3][Ge].[Cl][Al]([Cl])[Cl]. The van der Waals surface area contributed by atoms with Crippen molar-refractivity contribution in [3.8, 4) is 0 Å². The fourth-order valence-corrected chi connectivity index (χ4v) is 0. The second-order valence-electron chi connectivity index (χ2n) is 1.32. The normalized spacial score (nSPS) is 7.82. The van der Waals surface area contributed by atoms with Crippen molar-refractivity contribution in [2.45, 2.75) is 11.5 Å². The molecule has 0 saturated carbocycles. The maximum absolute atomic E-state index is 4.94. The second kappa shape index (κ2) is 59.8. The molecule has 0 aliphatic carbocycles. The Morgan fingerprint density at radius 2 is 0.429 bits per heavy atom. The first-order chi connectivity index (χ1) is 12.4. The van der Waals surface area contributed by atoms with Crippen LogP contribution in [-0.2, 0) is 0 Å². The predicted molar refractivity (Wildman–Crippen MR) is 166 cm³/mol. The summed E-state index contributed by atoms with van der Waals surface area (Å²) in [4.78, 5) is 0. The van der Waals surface area contributed by atoms with Gasteiger partial charge in [0.1, 0.15) is 0 Å². The van der Waals surface area contributed by atoms with Crippen molar-refractivity contribution >= 4 is 274 Å². The molecule has 0 aliphatic rings. The molecule has 173 valence electrons. The minimum atomic E-state index is -1.72. The van der Waals surface area contributed by atoms with Crippen molar-refractivity contribution in [2.75, 3.05) is 0 Å². The third-order valence-corrected chi connectivity index (χ3v) is 0. The quantitative estimate of drug-likeness (QED) is 0.168. The van der Waals surface area contributed by atoms with E-state index in [1.807, 2.05) is 22.3 Å². The zero-order chi connectivity index (χ0) is 25.5. The molecule has 26 heteroatoms. The van der Waals surface area contributed by atoms with Gasteiger partial charge in [-0.1, -0.05) is 0 Å². The summed E-state index contributed by atoms with van der Waals surface area (Å²) in [6.45, 7) is -7.31. The van der Waals surface area contributed by atoms with Crippen LogP contribution in [0.1, 0.15) is 0 Å². The number of hydrogen-bond donors (Lipinski definition) is 0. The molecule has 0 unspecified atom stereocenters. The Bertz CT molecular complexity index is 119. The fraction of sp³-hybridized carbons (Fsp3) is 1.00. The summed E-state index contributed by atoms with van der Waals surface area (Å²) in [6.07, 6.45) is 0. The average molecular weight is 983 g/mol. The third-order valence-electron chi connectivity index (χ3n) is 0. The van der Waals surface area contributed by atoms with E-state index < -0.39 is 45.0 Å². The number of hydrogen-bond acceptors (Lipinski definition) is 0. The first kappa shape index (κ1) is 56.2. The van der Waals surface area contributed by atoms with Crippen molar-refractivity contribution < 1.29 is 0 Å². The van der Waals surface area contributed by atoms with E-state index in [1.54, 1.807) is 0 Å². The molecule has 0 aromatic rings. The Balaban J connectivity index is -0.0000000276. The molecule has 0 amide bonds. The van der Waals surface area contributed by atoms with E-state index in [4.69, 9.17) is 196 Å². The Morgan fingerprint density at radius 3 is 0.429 bits per heavy atom. The average Bonchev–Trinajstić information content (AvgIpc) is 2.38. The van der Waals surface area contributed by atoms with Gasteiger partial charge in [-0.15, -0.1) is 166 Å². The van der Waals surface area contributed by atoms with E-state index in [9.17, 15) is 0 Å². The summed E-state index contributed by atoms with van der Waals surface area (Å²) in [5.41, 5.74) is 0. The predicted octanol–water partition coefficient (Wildman–Crippen LogP) is 10.00. The van der Waals surface area contributed by atoms with Crippen LogP contribution in [0.15, 0.2) is 0 Å². The number of rotatable bonds is 0. The topological polar surface area (TPSA) is 0 Å². The van der Waals surface area contributed by atoms with Gasteiger partial charge in [0.25, 0.3) is 0 Å². The summed E-state index contributed by atoms with van der Waals surface area (Å²) in [5.74, 6) is 4.12. The Labute approximate surface area is 280 Å². The molecule has 0 bridgehead atoms. The van der Waals surface area contributed by atoms with Crippen molar-refractivity contribution in [1.29, 1.82) is 0 Å². The summed E-state index contributed by atoms with van der Waals surface area (Å²) in [7, 11) is 14.8. The van der Waals surface area contributed by atoms with Crippen LogP contribution in [0.2, 0.25) is 11.5 Å². The van der Waals surface area contributed by atoms with Gasteiger partial charge in [-0.2, -0.15) is 0 Å². The molecule has 0 saturated heterocycles. The summed E-state index contributed by atoms with van der Waals surface area (Å²) in [5, 5.41) is 0. The van der Waals surface area contributed by atoms with Crippen molar-refractivity contribution in [2.24, 2.45) is 0 Å². The Kier molecular flexibility index (Phi) is 120. The van der Waals surface area contributed by atoms with E-state index >= 15 is 0 Å². The maximum Gasteiger partial charge on any atom is 0.643 e. The summed E-state index contributed by atoms with van der Waals surface area (Å²) in [6, 6.07) is 0. The van der Waals surface area contributed by atoms with Gasteiger partial charge in [0.15, 0.2) is 0 Å². The molecule has 0 aliphatic heterocycles. The van der Waals surface area contributed by atoms with Crippen LogP contribution in [0.3, 0.4) is 0 Å². The monoisotopic (exact) mass is 976 g/mol. The number of halogens is 18. The second-order valence-corrected chi connectivity index (χ2v) is 35.6. The molecule has 0 nitrogen and oxygen atoms in total. The van der Waals surface area contributed by atoms with Crippen molar-refractivity contribution in [1.82, 2.24) is 0 Å². The largest absolute Gasteiger partial charge is 0.643 e. The van der Waals surface area contributed by atoms with Crippen LogP contribution in [0, 0.1) is 0 Å². The van der Waals surface area contributed by atoms with E-state index in [2.05, 4.69) is 5.76 Å². The van der Waals surface area contributed by atoms with Crippen LogP contribution in [0.4, 0.5) is 0 Å².